The van der Waals surface area contributed by atoms with Gasteiger partial charge >= 0.3 is 0 Å². The molecule has 2 unspecified atom stereocenters. The van der Waals surface area contributed by atoms with E-state index in [-0.39, 0.29) is 18.4 Å². The first-order valence-electron chi connectivity index (χ1n) is 8.35. The van der Waals surface area contributed by atoms with Gasteiger partial charge in [0.2, 0.25) is 5.91 Å². The lowest BCUT2D eigenvalue weighted by Crippen LogP contribution is -2.33. The lowest BCUT2D eigenvalue weighted by Gasteiger charge is -2.25. The van der Waals surface area contributed by atoms with Crippen LogP contribution in [0.5, 0.6) is 11.5 Å². The number of carbonyl (C=O) groups is 1. The molecule has 2 aromatic carbocycles. The summed E-state index contributed by atoms with van der Waals surface area (Å²) < 4.78 is 10.5. The Morgan fingerprint density at radius 1 is 1.12 bits per heavy atom. The van der Waals surface area contributed by atoms with Crippen molar-refractivity contribution in [1.29, 1.82) is 0 Å². The smallest absolute Gasteiger partial charge is 0.227 e. The molecule has 2 atom stereocenters. The van der Waals surface area contributed by atoms with Crippen molar-refractivity contribution in [2.24, 2.45) is 0 Å². The van der Waals surface area contributed by atoms with Crippen molar-refractivity contribution in [3.05, 3.63) is 59.7 Å². The molecule has 1 aliphatic rings. The van der Waals surface area contributed by atoms with Gasteiger partial charge < -0.3 is 19.5 Å². The van der Waals surface area contributed by atoms with Crippen LogP contribution in [0.4, 0.5) is 0 Å². The summed E-state index contributed by atoms with van der Waals surface area (Å²) in [5, 5.41) is 10.1. The van der Waals surface area contributed by atoms with Gasteiger partial charge in [-0.15, -0.1) is 0 Å². The summed E-state index contributed by atoms with van der Waals surface area (Å²) >= 11 is 0. The minimum Gasteiger partial charge on any atom is -0.497 e. The summed E-state index contributed by atoms with van der Waals surface area (Å²) in [5.41, 5.74) is 1.88. The SMILES string of the molecule is COc1cccc(CC(=O)N2CC(O)CC2c2cccc(OC)c2)c1. The normalized spacial score (nSPS) is 19.7. The second-order valence-electron chi connectivity index (χ2n) is 6.26. The van der Waals surface area contributed by atoms with Crippen LogP contribution in [-0.4, -0.2) is 42.8 Å². The van der Waals surface area contributed by atoms with Gasteiger partial charge in [0.05, 0.1) is 32.8 Å². The van der Waals surface area contributed by atoms with E-state index in [0.29, 0.717) is 13.0 Å². The summed E-state index contributed by atoms with van der Waals surface area (Å²) in [4.78, 5) is 14.6. The van der Waals surface area contributed by atoms with Crippen LogP contribution in [0, 0.1) is 0 Å². The van der Waals surface area contributed by atoms with Gasteiger partial charge in [-0.3, -0.25) is 4.79 Å². The predicted molar refractivity (Wildman–Crippen MR) is 94.8 cm³/mol. The highest BCUT2D eigenvalue weighted by molar-refractivity contribution is 5.79. The number of hydrogen-bond donors (Lipinski definition) is 1. The number of aliphatic hydroxyl groups excluding tert-OH is 1. The molecule has 0 aromatic heterocycles. The Kier molecular flexibility index (Phi) is 5.24. The Hall–Kier alpha value is -2.53. The third-order valence-electron chi connectivity index (χ3n) is 4.57. The average molecular weight is 341 g/mol. The zero-order valence-electron chi connectivity index (χ0n) is 14.5. The highest BCUT2D eigenvalue weighted by Gasteiger charge is 2.35. The number of nitrogens with zero attached hydrogens (tertiary/aromatic N) is 1. The molecule has 2 aromatic rings. The molecular weight excluding hydrogens is 318 g/mol. The molecule has 1 N–H and O–H groups in total. The molecule has 5 nitrogen and oxygen atoms in total. The first-order chi connectivity index (χ1) is 12.1. The van der Waals surface area contributed by atoms with Gasteiger partial charge in [-0.1, -0.05) is 24.3 Å². The van der Waals surface area contributed by atoms with Crippen LogP contribution < -0.4 is 9.47 Å². The number of hydrogen-bond acceptors (Lipinski definition) is 4. The standard InChI is InChI=1S/C20H23NO4/c1-24-17-7-3-5-14(9-17)10-20(23)21-13-16(22)12-19(21)15-6-4-8-18(11-15)25-2/h3-9,11,16,19,22H,10,12-13H2,1-2H3. The van der Waals surface area contributed by atoms with Crippen molar-refractivity contribution < 1.29 is 19.4 Å². The third-order valence-corrected chi connectivity index (χ3v) is 4.57. The number of carbonyl (C=O) groups excluding carboxylic acids is 1. The number of aliphatic hydroxyl groups is 1. The molecule has 0 radical (unpaired) electrons. The molecule has 1 fully saturated rings. The summed E-state index contributed by atoms with van der Waals surface area (Å²) in [6.07, 6.45) is 0.312. The molecule has 1 amide bonds. The summed E-state index contributed by atoms with van der Waals surface area (Å²) in [6.45, 7) is 0.352. The zero-order chi connectivity index (χ0) is 17.8. The van der Waals surface area contributed by atoms with Crippen molar-refractivity contribution in [2.45, 2.75) is 25.0 Å². The summed E-state index contributed by atoms with van der Waals surface area (Å²) in [7, 11) is 3.23. The molecule has 0 saturated carbocycles. The van der Waals surface area contributed by atoms with Crippen LogP contribution in [0.25, 0.3) is 0 Å². The molecule has 3 rings (SSSR count). The number of β-amino-alcohol motifs (C(OH)–C–C–N with tert-alkyl or cyclic N) is 1. The molecular formula is C20H23NO4. The van der Waals surface area contributed by atoms with E-state index in [1.165, 1.54) is 0 Å². The fraction of sp³-hybridized carbons (Fsp3) is 0.350. The van der Waals surface area contributed by atoms with Gasteiger partial charge in [0.1, 0.15) is 11.5 Å². The zero-order valence-corrected chi connectivity index (χ0v) is 14.5. The molecule has 1 saturated heterocycles. The van der Waals surface area contributed by atoms with Crippen molar-refractivity contribution in [1.82, 2.24) is 4.90 Å². The van der Waals surface area contributed by atoms with E-state index >= 15 is 0 Å². The van der Waals surface area contributed by atoms with Crippen LogP contribution in [0.3, 0.4) is 0 Å². The van der Waals surface area contributed by atoms with Gasteiger partial charge in [0.15, 0.2) is 0 Å². The van der Waals surface area contributed by atoms with Gasteiger partial charge in [-0.2, -0.15) is 0 Å². The maximum absolute atomic E-state index is 12.8. The number of ether oxygens (including phenoxy) is 2. The second kappa shape index (κ2) is 7.57. The van der Waals surface area contributed by atoms with Crippen LogP contribution >= 0.6 is 0 Å². The van der Waals surface area contributed by atoms with E-state index in [2.05, 4.69) is 0 Å². The van der Waals surface area contributed by atoms with Crippen LogP contribution in [-0.2, 0) is 11.2 Å². The predicted octanol–water partition coefficient (Wildman–Crippen LogP) is 2.58. The molecule has 1 aliphatic heterocycles. The fourth-order valence-corrected chi connectivity index (χ4v) is 3.31. The highest BCUT2D eigenvalue weighted by atomic mass is 16.5. The highest BCUT2D eigenvalue weighted by Crippen LogP contribution is 2.34. The molecule has 0 spiro atoms. The van der Waals surface area contributed by atoms with Crippen molar-refractivity contribution in [3.63, 3.8) is 0 Å². The Bertz CT molecular complexity index is 746. The van der Waals surface area contributed by atoms with Crippen LogP contribution in [0.2, 0.25) is 0 Å². The maximum Gasteiger partial charge on any atom is 0.227 e. The minimum absolute atomic E-state index is 0.00220. The van der Waals surface area contributed by atoms with E-state index in [9.17, 15) is 9.90 Å². The van der Waals surface area contributed by atoms with Crippen molar-refractivity contribution in [3.8, 4) is 11.5 Å². The van der Waals surface area contributed by atoms with E-state index in [1.54, 1.807) is 19.1 Å². The maximum atomic E-state index is 12.8. The Morgan fingerprint density at radius 3 is 2.52 bits per heavy atom. The molecule has 1 heterocycles. The Labute approximate surface area is 147 Å². The van der Waals surface area contributed by atoms with E-state index in [1.807, 2.05) is 48.5 Å². The minimum atomic E-state index is -0.509. The average Bonchev–Trinajstić information content (AvgIpc) is 3.04. The second-order valence-corrected chi connectivity index (χ2v) is 6.26. The molecule has 5 heteroatoms. The summed E-state index contributed by atoms with van der Waals surface area (Å²) in [6, 6.07) is 15.0. The van der Waals surface area contributed by atoms with Gasteiger partial charge in [0.25, 0.3) is 0 Å². The fourth-order valence-electron chi connectivity index (χ4n) is 3.31. The van der Waals surface area contributed by atoms with Crippen molar-refractivity contribution >= 4 is 5.91 Å². The molecule has 132 valence electrons. The molecule has 25 heavy (non-hydrogen) atoms. The van der Waals surface area contributed by atoms with Gasteiger partial charge in [-0.05, 0) is 41.8 Å². The quantitative estimate of drug-likeness (QED) is 0.908. The number of methoxy groups -OCH3 is 2. The Balaban J connectivity index is 1.79. The van der Waals surface area contributed by atoms with Gasteiger partial charge in [0, 0.05) is 6.54 Å². The van der Waals surface area contributed by atoms with E-state index in [4.69, 9.17) is 9.47 Å². The topological polar surface area (TPSA) is 59.0 Å². The largest absolute Gasteiger partial charge is 0.497 e. The molecule has 0 bridgehead atoms. The van der Waals surface area contributed by atoms with Crippen molar-refractivity contribution in [2.75, 3.05) is 20.8 Å². The Morgan fingerprint density at radius 2 is 1.80 bits per heavy atom. The first-order valence-corrected chi connectivity index (χ1v) is 8.35. The number of likely N-dealkylation sites (tertiary alicyclic amines) is 1. The first kappa shape index (κ1) is 17.3. The monoisotopic (exact) mass is 341 g/mol. The summed E-state index contributed by atoms with van der Waals surface area (Å²) in [5.74, 6) is 1.48. The van der Waals surface area contributed by atoms with Gasteiger partial charge in [-0.25, -0.2) is 0 Å². The van der Waals surface area contributed by atoms with E-state index < -0.39 is 6.10 Å². The molecule has 0 aliphatic carbocycles. The van der Waals surface area contributed by atoms with E-state index in [0.717, 1.165) is 22.6 Å². The van der Waals surface area contributed by atoms with Crippen LogP contribution in [0.1, 0.15) is 23.6 Å². The number of rotatable bonds is 5. The lowest BCUT2D eigenvalue weighted by molar-refractivity contribution is -0.131. The van der Waals surface area contributed by atoms with Crippen LogP contribution in [0.15, 0.2) is 48.5 Å². The number of benzene rings is 2. The third kappa shape index (κ3) is 3.94. The lowest BCUT2D eigenvalue weighted by atomic mass is 10.0. The number of amides is 1.